The highest BCUT2D eigenvalue weighted by molar-refractivity contribution is 8.76. The van der Waals surface area contributed by atoms with Crippen LogP contribution in [0, 0.1) is 0 Å². The number of carboxylic acid groups (broad SMARTS) is 1. The minimum atomic E-state index is -0.738. The minimum absolute atomic E-state index is 0.235. The van der Waals surface area contributed by atoms with Crippen molar-refractivity contribution in [2.24, 2.45) is 5.73 Å². The molecule has 0 rings (SSSR count). The first kappa shape index (κ1) is 14.1. The van der Waals surface area contributed by atoms with Crippen molar-refractivity contribution in [2.45, 2.75) is 19.3 Å². The summed E-state index contributed by atoms with van der Waals surface area (Å²) in [6, 6.07) is 0. The monoisotopic (exact) mass is 239 g/mol. The van der Waals surface area contributed by atoms with Crippen LogP contribution in [0.5, 0.6) is 0 Å². The molecular formula is C8H17NO3S2. The van der Waals surface area contributed by atoms with E-state index < -0.39 is 5.97 Å². The van der Waals surface area contributed by atoms with E-state index in [4.69, 9.17) is 15.6 Å². The van der Waals surface area contributed by atoms with Gasteiger partial charge in [0.15, 0.2) is 0 Å². The van der Waals surface area contributed by atoms with Crippen molar-refractivity contribution < 1.29 is 14.6 Å². The molecule has 0 aromatic carbocycles. The van der Waals surface area contributed by atoms with Gasteiger partial charge in [-0.25, -0.2) is 0 Å². The second-order valence-corrected chi connectivity index (χ2v) is 5.14. The standard InChI is InChI=1S/C8H17NO3S2/c9-4-6-13-14-7-12-5-2-1-3-8(10)11/h1-7,9H2,(H,10,11). The van der Waals surface area contributed by atoms with Gasteiger partial charge in [-0.05, 0) is 12.8 Å². The van der Waals surface area contributed by atoms with E-state index in [1.165, 1.54) is 0 Å². The Morgan fingerprint density at radius 2 is 2.14 bits per heavy atom. The molecule has 0 aliphatic heterocycles. The van der Waals surface area contributed by atoms with Gasteiger partial charge >= 0.3 is 5.97 Å². The molecule has 0 spiro atoms. The molecular weight excluding hydrogens is 222 g/mol. The first-order valence-corrected chi connectivity index (χ1v) is 7.00. The molecule has 0 atom stereocenters. The lowest BCUT2D eigenvalue weighted by Gasteiger charge is -2.02. The lowest BCUT2D eigenvalue weighted by atomic mass is 10.2. The fraction of sp³-hybridized carbons (Fsp3) is 0.875. The molecule has 0 unspecified atom stereocenters. The molecule has 0 aliphatic carbocycles. The van der Waals surface area contributed by atoms with E-state index in [-0.39, 0.29) is 6.42 Å². The van der Waals surface area contributed by atoms with Gasteiger partial charge < -0.3 is 15.6 Å². The van der Waals surface area contributed by atoms with E-state index in [1.54, 1.807) is 21.6 Å². The van der Waals surface area contributed by atoms with Crippen molar-refractivity contribution in [1.82, 2.24) is 0 Å². The highest BCUT2D eigenvalue weighted by atomic mass is 33.1. The molecule has 0 fully saturated rings. The van der Waals surface area contributed by atoms with Gasteiger partial charge in [-0.3, -0.25) is 4.79 Å². The number of hydrogen-bond donors (Lipinski definition) is 2. The van der Waals surface area contributed by atoms with Crippen LogP contribution < -0.4 is 5.73 Å². The number of rotatable bonds is 10. The van der Waals surface area contributed by atoms with Gasteiger partial charge in [0.2, 0.25) is 0 Å². The molecule has 0 radical (unpaired) electrons. The van der Waals surface area contributed by atoms with E-state index in [0.29, 0.717) is 25.5 Å². The Balaban J connectivity index is 2.88. The van der Waals surface area contributed by atoms with Gasteiger partial charge in [0.25, 0.3) is 0 Å². The topological polar surface area (TPSA) is 72.5 Å². The highest BCUT2D eigenvalue weighted by Crippen LogP contribution is 2.19. The number of hydrogen-bond acceptors (Lipinski definition) is 5. The quantitative estimate of drug-likeness (QED) is 0.342. The van der Waals surface area contributed by atoms with Gasteiger partial charge in [-0.15, -0.1) is 0 Å². The van der Waals surface area contributed by atoms with Crippen molar-refractivity contribution >= 4 is 27.6 Å². The van der Waals surface area contributed by atoms with E-state index in [0.717, 1.165) is 12.2 Å². The number of carboxylic acids is 1. The number of nitrogens with two attached hydrogens (primary N) is 1. The average molecular weight is 239 g/mol. The van der Waals surface area contributed by atoms with Gasteiger partial charge in [-0.1, -0.05) is 21.6 Å². The minimum Gasteiger partial charge on any atom is -0.481 e. The number of ether oxygens (including phenoxy) is 1. The van der Waals surface area contributed by atoms with Gasteiger partial charge in [0, 0.05) is 25.3 Å². The Hall–Kier alpha value is 0.0900. The largest absolute Gasteiger partial charge is 0.481 e. The molecule has 0 amide bonds. The SMILES string of the molecule is NCCSSCOCCCCC(=O)O. The van der Waals surface area contributed by atoms with Crippen molar-refractivity contribution in [3.05, 3.63) is 0 Å². The summed E-state index contributed by atoms with van der Waals surface area (Å²) in [6.45, 7) is 1.33. The first-order chi connectivity index (χ1) is 6.77. The van der Waals surface area contributed by atoms with Crippen molar-refractivity contribution in [3.63, 3.8) is 0 Å². The molecule has 0 bridgehead atoms. The highest BCUT2D eigenvalue weighted by Gasteiger charge is 1.96. The van der Waals surface area contributed by atoms with Crippen molar-refractivity contribution in [2.75, 3.05) is 24.8 Å². The third-order valence-corrected chi connectivity index (χ3v) is 3.47. The molecule has 0 aromatic heterocycles. The zero-order chi connectivity index (χ0) is 10.6. The average Bonchev–Trinajstić information content (AvgIpc) is 2.15. The van der Waals surface area contributed by atoms with Crippen molar-refractivity contribution in [3.8, 4) is 0 Å². The van der Waals surface area contributed by atoms with Gasteiger partial charge in [0.1, 0.15) is 5.94 Å². The van der Waals surface area contributed by atoms with Crippen LogP contribution in [0.25, 0.3) is 0 Å². The Kier molecular flexibility index (Phi) is 11.2. The molecule has 0 aromatic rings. The Bertz CT molecular complexity index is 147. The lowest BCUT2D eigenvalue weighted by Crippen LogP contribution is -2.00. The first-order valence-electron chi connectivity index (χ1n) is 4.51. The normalized spacial score (nSPS) is 10.4. The van der Waals surface area contributed by atoms with Crippen LogP contribution in [-0.2, 0) is 9.53 Å². The zero-order valence-corrected chi connectivity index (χ0v) is 9.74. The van der Waals surface area contributed by atoms with Crippen LogP contribution >= 0.6 is 21.6 Å². The second-order valence-electron chi connectivity index (χ2n) is 2.61. The fourth-order valence-corrected chi connectivity index (χ4v) is 2.23. The zero-order valence-electron chi connectivity index (χ0n) is 8.11. The Labute approximate surface area is 92.3 Å². The predicted molar refractivity (Wildman–Crippen MR) is 61.4 cm³/mol. The summed E-state index contributed by atoms with van der Waals surface area (Å²) in [7, 11) is 3.33. The summed E-state index contributed by atoms with van der Waals surface area (Å²) in [4.78, 5) is 10.1. The number of carbonyl (C=O) groups is 1. The molecule has 0 aliphatic rings. The molecule has 6 heteroatoms. The summed E-state index contributed by atoms with van der Waals surface area (Å²) in [6.07, 6.45) is 1.74. The molecule has 4 nitrogen and oxygen atoms in total. The van der Waals surface area contributed by atoms with E-state index >= 15 is 0 Å². The maximum atomic E-state index is 10.1. The van der Waals surface area contributed by atoms with Crippen LogP contribution in [0.4, 0.5) is 0 Å². The van der Waals surface area contributed by atoms with E-state index in [9.17, 15) is 4.79 Å². The van der Waals surface area contributed by atoms with Crippen LogP contribution in [-0.4, -0.2) is 35.9 Å². The van der Waals surface area contributed by atoms with Crippen LogP contribution in [0.3, 0.4) is 0 Å². The summed E-state index contributed by atoms with van der Waals surface area (Å²) in [5.41, 5.74) is 5.31. The Morgan fingerprint density at radius 1 is 1.36 bits per heavy atom. The third kappa shape index (κ3) is 12.1. The molecule has 3 N–H and O–H groups in total. The lowest BCUT2D eigenvalue weighted by molar-refractivity contribution is -0.137. The Morgan fingerprint density at radius 3 is 2.79 bits per heavy atom. The smallest absolute Gasteiger partial charge is 0.303 e. The molecule has 0 heterocycles. The van der Waals surface area contributed by atoms with E-state index in [2.05, 4.69) is 0 Å². The summed E-state index contributed by atoms with van der Waals surface area (Å²) in [5.74, 6) is 0.850. The molecule has 84 valence electrons. The molecule has 0 saturated carbocycles. The third-order valence-electron chi connectivity index (χ3n) is 1.35. The number of aliphatic carboxylic acids is 1. The van der Waals surface area contributed by atoms with Gasteiger partial charge in [0.05, 0.1) is 0 Å². The molecule has 0 saturated heterocycles. The van der Waals surface area contributed by atoms with Crippen LogP contribution in [0.1, 0.15) is 19.3 Å². The maximum absolute atomic E-state index is 10.1. The summed E-state index contributed by atoms with van der Waals surface area (Å²) < 4.78 is 5.27. The summed E-state index contributed by atoms with van der Waals surface area (Å²) in [5, 5.41) is 8.35. The fourth-order valence-electron chi connectivity index (χ4n) is 0.714. The summed E-state index contributed by atoms with van der Waals surface area (Å²) >= 11 is 0. The van der Waals surface area contributed by atoms with E-state index in [1.807, 2.05) is 0 Å². The van der Waals surface area contributed by atoms with Crippen LogP contribution in [0.2, 0.25) is 0 Å². The van der Waals surface area contributed by atoms with Crippen molar-refractivity contribution in [1.29, 1.82) is 0 Å². The molecule has 14 heavy (non-hydrogen) atoms. The predicted octanol–water partition coefficient (Wildman–Crippen LogP) is 1.56. The maximum Gasteiger partial charge on any atom is 0.303 e. The number of unbranched alkanes of at least 4 members (excludes halogenated alkanes) is 1. The van der Waals surface area contributed by atoms with Gasteiger partial charge in [-0.2, -0.15) is 0 Å². The second kappa shape index (κ2) is 11.2. The van der Waals surface area contributed by atoms with Crippen LogP contribution in [0.15, 0.2) is 0 Å².